The summed E-state index contributed by atoms with van der Waals surface area (Å²) in [6.07, 6.45) is 0.0266. The average molecular weight is 239 g/mol. The molecule has 0 aromatic heterocycles. The molecule has 0 aromatic carbocycles. The molecule has 0 unspecified atom stereocenters. The monoisotopic (exact) mass is 239 g/mol. The molecule has 4 nitrogen and oxygen atoms in total. The topological polar surface area (TPSA) is 58.6 Å². The Morgan fingerprint density at radius 3 is 2.38 bits per heavy atom. The van der Waals surface area contributed by atoms with Gasteiger partial charge in [0.05, 0.1) is 13.0 Å². The van der Waals surface area contributed by atoms with Crippen LogP contribution in [0.25, 0.3) is 0 Å². The van der Waals surface area contributed by atoms with E-state index in [0.717, 1.165) is 0 Å². The molecule has 0 aromatic rings. The Bertz CT molecular complexity index is 227. The molecule has 0 aliphatic heterocycles. The van der Waals surface area contributed by atoms with Crippen LogP contribution in [0.1, 0.15) is 27.2 Å². The molecule has 6 heteroatoms. The molecule has 0 saturated carbocycles. The summed E-state index contributed by atoms with van der Waals surface area (Å²) >= 11 is 0. The number of alkyl halides is 2. The molecule has 0 spiro atoms. The smallest absolute Gasteiger partial charge is 0.307 e. The van der Waals surface area contributed by atoms with Crippen molar-refractivity contribution in [3.8, 4) is 0 Å². The van der Waals surface area contributed by atoms with E-state index in [1.807, 2.05) is 0 Å². The van der Waals surface area contributed by atoms with Gasteiger partial charge in [0.1, 0.15) is 12.2 Å². The van der Waals surface area contributed by atoms with E-state index in [0.29, 0.717) is 0 Å². The molecule has 0 rings (SSSR count). The van der Waals surface area contributed by atoms with Crippen LogP contribution < -0.4 is 5.32 Å². The maximum Gasteiger partial charge on any atom is 0.307 e. The molecule has 0 fully saturated rings. The van der Waals surface area contributed by atoms with Crippen LogP contribution in [0, 0.1) is 0 Å². The van der Waals surface area contributed by atoms with Gasteiger partial charge in [-0.15, -0.1) is 0 Å². The van der Waals surface area contributed by atoms with Gasteiger partial charge < -0.3 is 15.2 Å². The minimum absolute atomic E-state index is 0.0266. The van der Waals surface area contributed by atoms with Gasteiger partial charge in [-0.3, -0.25) is 4.79 Å². The second-order valence-corrected chi connectivity index (χ2v) is 4.53. The highest BCUT2D eigenvalue weighted by Gasteiger charge is 2.26. The summed E-state index contributed by atoms with van der Waals surface area (Å²) in [4.78, 5) is 11.2. The molecule has 0 saturated heterocycles. The van der Waals surface area contributed by atoms with Crippen LogP contribution in [-0.4, -0.2) is 42.3 Å². The summed E-state index contributed by atoms with van der Waals surface area (Å²) < 4.78 is 30.0. The molecular formula is C10H19F2NO3. The molecule has 0 amide bonds. The van der Waals surface area contributed by atoms with E-state index in [2.05, 4.69) is 5.32 Å². The van der Waals surface area contributed by atoms with E-state index < -0.39 is 30.6 Å². The van der Waals surface area contributed by atoms with Gasteiger partial charge in [0, 0.05) is 6.54 Å². The number of rotatable bonds is 6. The fourth-order valence-electron chi connectivity index (χ4n) is 0.910. The number of esters is 1. The third-order valence-electron chi connectivity index (χ3n) is 1.54. The molecule has 0 heterocycles. The number of carbonyl (C=O) groups is 1. The highest BCUT2D eigenvalue weighted by Crippen LogP contribution is 2.10. The summed E-state index contributed by atoms with van der Waals surface area (Å²) in [5.41, 5.74) is -0.563. The van der Waals surface area contributed by atoms with Gasteiger partial charge in [-0.25, -0.2) is 8.78 Å². The first-order valence-corrected chi connectivity index (χ1v) is 5.07. The van der Waals surface area contributed by atoms with Crippen LogP contribution >= 0.6 is 0 Å². The molecule has 2 N–H and O–H groups in total. The minimum atomic E-state index is -3.14. The molecular weight excluding hydrogens is 220 g/mol. The van der Waals surface area contributed by atoms with E-state index in [4.69, 9.17) is 9.84 Å². The standard InChI is InChI=1S/C10H19F2NO3/c1-9(2,3)16-8(15)4-5-13-6-10(11,12)7-14/h13-14H,4-7H2,1-3H3. The Labute approximate surface area is 94.0 Å². The molecule has 0 aliphatic rings. The lowest BCUT2D eigenvalue weighted by molar-refractivity contribution is -0.154. The largest absolute Gasteiger partial charge is 0.460 e. The first-order valence-electron chi connectivity index (χ1n) is 5.07. The van der Waals surface area contributed by atoms with Gasteiger partial charge in [-0.2, -0.15) is 0 Å². The average Bonchev–Trinajstić information content (AvgIpc) is 2.10. The van der Waals surface area contributed by atoms with Crippen LogP contribution in [-0.2, 0) is 9.53 Å². The van der Waals surface area contributed by atoms with Crippen molar-refractivity contribution in [2.24, 2.45) is 0 Å². The van der Waals surface area contributed by atoms with Gasteiger partial charge >= 0.3 is 5.97 Å². The summed E-state index contributed by atoms with van der Waals surface area (Å²) in [7, 11) is 0. The van der Waals surface area contributed by atoms with Gasteiger partial charge in [0.2, 0.25) is 0 Å². The number of hydrogen-bond acceptors (Lipinski definition) is 4. The van der Waals surface area contributed by atoms with Crippen molar-refractivity contribution in [1.82, 2.24) is 5.32 Å². The minimum Gasteiger partial charge on any atom is -0.460 e. The fraction of sp³-hybridized carbons (Fsp3) is 0.900. The second-order valence-electron chi connectivity index (χ2n) is 4.53. The lowest BCUT2D eigenvalue weighted by Crippen LogP contribution is -2.37. The Morgan fingerprint density at radius 2 is 1.94 bits per heavy atom. The number of hydrogen-bond donors (Lipinski definition) is 2. The first kappa shape index (κ1) is 15.2. The number of aliphatic hydroxyl groups is 1. The van der Waals surface area contributed by atoms with Crippen molar-refractivity contribution < 1.29 is 23.4 Å². The van der Waals surface area contributed by atoms with E-state index in [-0.39, 0.29) is 13.0 Å². The maximum absolute atomic E-state index is 12.5. The van der Waals surface area contributed by atoms with Gasteiger partial charge in [0.25, 0.3) is 5.92 Å². The van der Waals surface area contributed by atoms with Crippen molar-refractivity contribution >= 4 is 5.97 Å². The van der Waals surface area contributed by atoms with E-state index in [1.165, 1.54) is 0 Å². The Morgan fingerprint density at radius 1 is 1.38 bits per heavy atom. The molecule has 16 heavy (non-hydrogen) atoms. The summed E-state index contributed by atoms with van der Waals surface area (Å²) in [5.74, 6) is -3.58. The summed E-state index contributed by atoms with van der Waals surface area (Å²) in [6, 6.07) is 0. The van der Waals surface area contributed by atoms with E-state index >= 15 is 0 Å². The van der Waals surface area contributed by atoms with Gasteiger partial charge in [-0.05, 0) is 20.8 Å². The first-order chi connectivity index (χ1) is 7.16. The van der Waals surface area contributed by atoms with Crippen LogP contribution in [0.15, 0.2) is 0 Å². The van der Waals surface area contributed by atoms with Crippen molar-refractivity contribution in [2.75, 3.05) is 19.7 Å². The summed E-state index contributed by atoms with van der Waals surface area (Å²) in [5, 5.41) is 10.7. The lowest BCUT2D eigenvalue weighted by Gasteiger charge is -2.19. The number of halogens is 2. The van der Waals surface area contributed by atoms with Crippen LogP contribution in [0.5, 0.6) is 0 Å². The fourth-order valence-corrected chi connectivity index (χ4v) is 0.910. The molecule has 0 aliphatic carbocycles. The maximum atomic E-state index is 12.5. The molecule has 0 radical (unpaired) electrons. The van der Waals surface area contributed by atoms with Gasteiger partial charge in [-0.1, -0.05) is 0 Å². The number of carbonyl (C=O) groups excluding carboxylic acids is 1. The van der Waals surface area contributed by atoms with Crippen molar-refractivity contribution in [3.05, 3.63) is 0 Å². The van der Waals surface area contributed by atoms with E-state index in [1.54, 1.807) is 20.8 Å². The zero-order chi connectivity index (χ0) is 12.8. The SMILES string of the molecule is CC(C)(C)OC(=O)CCNCC(F)(F)CO. The quantitative estimate of drug-likeness (QED) is 0.535. The second kappa shape index (κ2) is 6.10. The third-order valence-corrected chi connectivity index (χ3v) is 1.54. The summed E-state index contributed by atoms with van der Waals surface area (Å²) in [6.45, 7) is 3.46. The third kappa shape index (κ3) is 8.55. The highest BCUT2D eigenvalue weighted by molar-refractivity contribution is 5.70. The van der Waals surface area contributed by atoms with Crippen LogP contribution in [0.4, 0.5) is 8.78 Å². The Hall–Kier alpha value is -0.750. The molecule has 96 valence electrons. The molecule has 0 atom stereocenters. The van der Waals surface area contributed by atoms with Crippen LogP contribution in [0.2, 0.25) is 0 Å². The van der Waals surface area contributed by atoms with Crippen molar-refractivity contribution in [2.45, 2.75) is 38.7 Å². The number of ether oxygens (including phenoxy) is 1. The lowest BCUT2D eigenvalue weighted by atomic mass is 10.2. The van der Waals surface area contributed by atoms with Gasteiger partial charge in [0.15, 0.2) is 0 Å². The zero-order valence-corrected chi connectivity index (χ0v) is 9.85. The molecule has 0 bridgehead atoms. The van der Waals surface area contributed by atoms with Crippen molar-refractivity contribution in [3.63, 3.8) is 0 Å². The number of nitrogens with one attached hydrogen (secondary N) is 1. The Kier molecular flexibility index (Phi) is 5.81. The Balaban J connectivity index is 3.64. The predicted molar refractivity (Wildman–Crippen MR) is 55.4 cm³/mol. The highest BCUT2D eigenvalue weighted by atomic mass is 19.3. The normalized spacial score (nSPS) is 12.6. The van der Waals surface area contributed by atoms with Crippen LogP contribution in [0.3, 0.4) is 0 Å². The number of aliphatic hydroxyl groups excluding tert-OH is 1. The van der Waals surface area contributed by atoms with E-state index in [9.17, 15) is 13.6 Å². The predicted octanol–water partition coefficient (Wildman–Crippen LogP) is 0.935. The zero-order valence-electron chi connectivity index (χ0n) is 9.85. The van der Waals surface area contributed by atoms with Crippen molar-refractivity contribution in [1.29, 1.82) is 0 Å².